The Bertz CT molecular complexity index is 569. The Kier molecular flexibility index (Phi) is 4.51. The summed E-state index contributed by atoms with van der Waals surface area (Å²) in [7, 11) is 1.77. The highest BCUT2D eigenvalue weighted by molar-refractivity contribution is 7.99. The molecule has 0 unspecified atom stereocenters. The van der Waals surface area contributed by atoms with Crippen LogP contribution in [0.5, 0.6) is 0 Å². The van der Waals surface area contributed by atoms with E-state index >= 15 is 0 Å². The highest BCUT2D eigenvalue weighted by Crippen LogP contribution is 2.14. The van der Waals surface area contributed by atoms with Crippen LogP contribution in [0.4, 0.5) is 5.69 Å². The molecular formula is C12H15N5OS. The van der Waals surface area contributed by atoms with Gasteiger partial charge in [-0.2, -0.15) is 0 Å². The van der Waals surface area contributed by atoms with Gasteiger partial charge in [0.25, 0.3) is 0 Å². The summed E-state index contributed by atoms with van der Waals surface area (Å²) in [4.78, 5) is 11.8. The van der Waals surface area contributed by atoms with Crippen LogP contribution in [0.2, 0.25) is 0 Å². The highest BCUT2D eigenvalue weighted by Gasteiger charge is 2.06. The maximum atomic E-state index is 11.8. The fourth-order valence-electron chi connectivity index (χ4n) is 1.52. The number of hydrogen-bond donors (Lipinski definition) is 1. The fraction of sp³-hybridized carbons (Fsp3) is 0.333. The standard InChI is InChI=1S/C12H15N5OS/c1-9-4-3-5-10(8-9)13-11(18)6-7-19-12-14-15-16-17(12)2/h3-5,8H,6-7H2,1-2H3,(H,13,18). The lowest BCUT2D eigenvalue weighted by molar-refractivity contribution is -0.115. The second kappa shape index (κ2) is 6.33. The van der Waals surface area contributed by atoms with Crippen LogP contribution >= 0.6 is 11.8 Å². The molecule has 19 heavy (non-hydrogen) atoms. The molecule has 1 N–H and O–H groups in total. The Hall–Kier alpha value is -1.89. The van der Waals surface area contributed by atoms with Crippen LogP contribution in [0.25, 0.3) is 0 Å². The van der Waals surface area contributed by atoms with Crippen LogP contribution in [-0.2, 0) is 11.8 Å². The Morgan fingerprint density at radius 3 is 3.00 bits per heavy atom. The van der Waals surface area contributed by atoms with Crippen molar-refractivity contribution < 1.29 is 4.79 Å². The van der Waals surface area contributed by atoms with Crippen LogP contribution in [-0.4, -0.2) is 31.9 Å². The van der Waals surface area contributed by atoms with E-state index in [2.05, 4.69) is 20.8 Å². The van der Waals surface area contributed by atoms with Crippen molar-refractivity contribution in [1.82, 2.24) is 20.2 Å². The van der Waals surface area contributed by atoms with E-state index in [9.17, 15) is 4.79 Å². The van der Waals surface area contributed by atoms with Gasteiger partial charge in [-0.3, -0.25) is 4.79 Å². The number of nitrogens with zero attached hydrogens (tertiary/aromatic N) is 4. The zero-order valence-electron chi connectivity index (χ0n) is 10.8. The Balaban J connectivity index is 1.77. The first-order valence-corrected chi connectivity index (χ1v) is 6.85. The van der Waals surface area contributed by atoms with Crippen LogP contribution < -0.4 is 5.32 Å². The third-order valence-electron chi connectivity index (χ3n) is 2.44. The van der Waals surface area contributed by atoms with Crippen molar-refractivity contribution in [2.24, 2.45) is 7.05 Å². The first kappa shape index (κ1) is 13.5. The number of amides is 1. The molecule has 0 fully saturated rings. The van der Waals surface area contributed by atoms with E-state index < -0.39 is 0 Å². The molecule has 1 heterocycles. The number of nitrogens with one attached hydrogen (secondary N) is 1. The van der Waals surface area contributed by atoms with Gasteiger partial charge in [0.2, 0.25) is 11.1 Å². The minimum absolute atomic E-state index is 0.00627. The van der Waals surface area contributed by atoms with Crippen molar-refractivity contribution in [3.8, 4) is 0 Å². The molecule has 7 heteroatoms. The molecule has 100 valence electrons. The van der Waals surface area contributed by atoms with Crippen LogP contribution in [0.15, 0.2) is 29.4 Å². The molecule has 1 amide bonds. The minimum Gasteiger partial charge on any atom is -0.326 e. The summed E-state index contributed by atoms with van der Waals surface area (Å²) in [5.41, 5.74) is 1.95. The summed E-state index contributed by atoms with van der Waals surface area (Å²) in [6.07, 6.45) is 0.422. The topological polar surface area (TPSA) is 72.7 Å². The number of hydrogen-bond acceptors (Lipinski definition) is 5. The lowest BCUT2D eigenvalue weighted by atomic mass is 10.2. The van der Waals surface area contributed by atoms with Gasteiger partial charge in [-0.05, 0) is 35.0 Å². The molecule has 1 aromatic carbocycles. The minimum atomic E-state index is -0.00627. The first-order chi connectivity index (χ1) is 9.15. The predicted molar refractivity (Wildman–Crippen MR) is 73.9 cm³/mol. The van der Waals surface area contributed by atoms with Crippen LogP contribution in [0.3, 0.4) is 0 Å². The molecule has 0 aliphatic carbocycles. The summed E-state index contributed by atoms with van der Waals surface area (Å²) in [6, 6.07) is 7.74. The number of aryl methyl sites for hydroxylation is 2. The zero-order chi connectivity index (χ0) is 13.7. The molecule has 0 aliphatic rings. The summed E-state index contributed by atoms with van der Waals surface area (Å²) in [6.45, 7) is 1.99. The highest BCUT2D eigenvalue weighted by atomic mass is 32.2. The molecule has 0 saturated carbocycles. The molecule has 0 spiro atoms. The summed E-state index contributed by atoms with van der Waals surface area (Å²) < 4.78 is 1.59. The summed E-state index contributed by atoms with van der Waals surface area (Å²) >= 11 is 1.46. The van der Waals surface area contributed by atoms with Gasteiger partial charge in [0.1, 0.15) is 0 Å². The van der Waals surface area contributed by atoms with Crippen molar-refractivity contribution in [3.63, 3.8) is 0 Å². The average molecular weight is 277 g/mol. The number of carbonyl (C=O) groups excluding carboxylic acids is 1. The van der Waals surface area contributed by atoms with Gasteiger partial charge >= 0.3 is 0 Å². The van der Waals surface area contributed by atoms with Crippen molar-refractivity contribution >= 4 is 23.4 Å². The number of anilines is 1. The molecule has 1 aromatic heterocycles. The van der Waals surface area contributed by atoms with E-state index in [1.54, 1.807) is 11.7 Å². The van der Waals surface area contributed by atoms with Crippen molar-refractivity contribution in [1.29, 1.82) is 0 Å². The number of aromatic nitrogens is 4. The van der Waals surface area contributed by atoms with E-state index in [1.165, 1.54) is 11.8 Å². The van der Waals surface area contributed by atoms with Gasteiger partial charge in [-0.1, -0.05) is 23.9 Å². The maximum absolute atomic E-state index is 11.8. The number of tetrazole rings is 1. The molecule has 2 rings (SSSR count). The van der Waals surface area contributed by atoms with Gasteiger partial charge in [0.05, 0.1) is 0 Å². The summed E-state index contributed by atoms with van der Waals surface area (Å²) in [5.74, 6) is 0.638. The smallest absolute Gasteiger partial charge is 0.225 e. The van der Waals surface area contributed by atoms with Crippen molar-refractivity contribution in [2.45, 2.75) is 18.5 Å². The Morgan fingerprint density at radius 2 is 2.32 bits per heavy atom. The number of carbonyl (C=O) groups is 1. The van der Waals surface area contributed by atoms with Gasteiger partial charge in [0, 0.05) is 24.9 Å². The van der Waals surface area contributed by atoms with Gasteiger partial charge in [0.15, 0.2) is 0 Å². The molecule has 2 aromatic rings. The first-order valence-electron chi connectivity index (χ1n) is 5.87. The van der Waals surface area contributed by atoms with E-state index in [1.807, 2.05) is 31.2 Å². The lowest BCUT2D eigenvalue weighted by Gasteiger charge is -2.05. The Labute approximate surface area is 115 Å². The zero-order valence-corrected chi connectivity index (χ0v) is 11.6. The Morgan fingerprint density at radius 1 is 1.47 bits per heavy atom. The number of rotatable bonds is 5. The lowest BCUT2D eigenvalue weighted by Crippen LogP contribution is -2.12. The van der Waals surface area contributed by atoms with E-state index in [4.69, 9.17) is 0 Å². The van der Waals surface area contributed by atoms with Gasteiger partial charge in [-0.15, -0.1) is 5.10 Å². The second-order valence-electron chi connectivity index (χ2n) is 4.10. The van der Waals surface area contributed by atoms with E-state index in [-0.39, 0.29) is 5.91 Å². The third kappa shape index (κ3) is 4.06. The number of benzene rings is 1. The molecule has 0 bridgehead atoms. The molecular weight excluding hydrogens is 262 g/mol. The SMILES string of the molecule is Cc1cccc(NC(=O)CCSc2nnnn2C)c1. The largest absolute Gasteiger partial charge is 0.326 e. The van der Waals surface area contributed by atoms with E-state index in [0.29, 0.717) is 17.3 Å². The second-order valence-corrected chi connectivity index (χ2v) is 5.16. The van der Waals surface area contributed by atoms with E-state index in [0.717, 1.165) is 11.3 Å². The molecule has 0 aliphatic heterocycles. The molecule has 0 atom stereocenters. The molecule has 6 nitrogen and oxygen atoms in total. The molecule has 0 saturated heterocycles. The molecule has 0 radical (unpaired) electrons. The van der Waals surface area contributed by atoms with Crippen LogP contribution in [0, 0.1) is 6.92 Å². The monoisotopic (exact) mass is 277 g/mol. The van der Waals surface area contributed by atoms with Gasteiger partial charge < -0.3 is 5.32 Å². The normalized spacial score (nSPS) is 10.4. The quantitative estimate of drug-likeness (QED) is 0.841. The van der Waals surface area contributed by atoms with Gasteiger partial charge in [-0.25, -0.2) is 4.68 Å². The van der Waals surface area contributed by atoms with Crippen molar-refractivity contribution in [3.05, 3.63) is 29.8 Å². The van der Waals surface area contributed by atoms with Crippen molar-refractivity contribution in [2.75, 3.05) is 11.1 Å². The van der Waals surface area contributed by atoms with Crippen LogP contribution in [0.1, 0.15) is 12.0 Å². The fourth-order valence-corrected chi connectivity index (χ4v) is 2.31. The summed E-state index contributed by atoms with van der Waals surface area (Å²) in [5, 5.41) is 14.7. The average Bonchev–Trinajstić information content (AvgIpc) is 2.75. The maximum Gasteiger partial charge on any atom is 0.225 e. The predicted octanol–water partition coefficient (Wildman–Crippen LogP) is 1.64. The third-order valence-corrected chi connectivity index (χ3v) is 3.46. The number of thioether (sulfide) groups is 1.